The van der Waals surface area contributed by atoms with E-state index in [2.05, 4.69) is 30.6 Å². The fraction of sp³-hybridized carbons (Fsp3) is 0.286. The third-order valence-corrected chi connectivity index (χ3v) is 4.25. The third-order valence-electron chi connectivity index (χ3n) is 4.25. The van der Waals surface area contributed by atoms with Crippen LogP contribution in [0.1, 0.15) is 25.4 Å². The summed E-state index contributed by atoms with van der Waals surface area (Å²) in [5.41, 5.74) is 3.03. The molecule has 0 bridgehead atoms. The van der Waals surface area contributed by atoms with Crippen molar-refractivity contribution in [2.24, 2.45) is 0 Å². The second-order valence-electron chi connectivity index (χ2n) is 7.32. The molecule has 1 amide bonds. The zero-order valence-electron chi connectivity index (χ0n) is 17.9. The average Bonchev–Trinajstić information content (AvgIpc) is 2.66. The lowest BCUT2D eigenvalue weighted by Crippen LogP contribution is -2.14. The van der Waals surface area contributed by atoms with Crippen LogP contribution in [0.5, 0.6) is 0 Å². The van der Waals surface area contributed by atoms with Crippen LogP contribution in [0.15, 0.2) is 36.7 Å². The van der Waals surface area contributed by atoms with Gasteiger partial charge in [-0.05, 0) is 19.1 Å². The minimum atomic E-state index is -3.19. The lowest BCUT2D eigenvalue weighted by Gasteiger charge is -2.17. The number of amides is 1. The highest BCUT2D eigenvalue weighted by atomic mass is 19.3. The summed E-state index contributed by atoms with van der Waals surface area (Å²) in [6, 6.07) is 6.89. The molecule has 0 saturated carbocycles. The molecule has 10 heteroatoms. The quantitative estimate of drug-likeness (QED) is 0.611. The normalized spacial score (nSPS) is 11.2. The second-order valence-corrected chi connectivity index (χ2v) is 7.32. The fourth-order valence-corrected chi connectivity index (χ4v) is 2.82. The van der Waals surface area contributed by atoms with Gasteiger partial charge in [-0.25, -0.2) is 15.0 Å². The summed E-state index contributed by atoms with van der Waals surface area (Å²) in [5.74, 6) is -3.57. The first kappa shape index (κ1) is 22.0. The number of hydrogen-bond donors (Lipinski definition) is 2. The zero-order valence-corrected chi connectivity index (χ0v) is 17.9. The summed E-state index contributed by atoms with van der Waals surface area (Å²) in [6.45, 7) is 3.73. The standard InChI is InChI=1S/C21H23F2N7O/c1-12-8-19(29-20(26-12)21(3,22)23)28-17-10-18(27-13(2)31)25-11-15(17)16-9-14(30(4)5)6-7-24-16/h6-11H,1-5H3,(H2,25,26,27,28,29,31). The van der Waals surface area contributed by atoms with Crippen LogP contribution >= 0.6 is 0 Å². The van der Waals surface area contributed by atoms with Gasteiger partial charge in [0.15, 0.2) is 0 Å². The summed E-state index contributed by atoms with van der Waals surface area (Å²) in [7, 11) is 3.82. The van der Waals surface area contributed by atoms with Crippen LogP contribution in [-0.4, -0.2) is 39.9 Å². The summed E-state index contributed by atoms with van der Waals surface area (Å²) in [5, 5.41) is 5.67. The van der Waals surface area contributed by atoms with Gasteiger partial charge in [0.2, 0.25) is 11.7 Å². The van der Waals surface area contributed by atoms with E-state index in [9.17, 15) is 13.6 Å². The lowest BCUT2D eigenvalue weighted by atomic mass is 10.1. The number of rotatable bonds is 6. The Morgan fingerprint density at radius 3 is 2.48 bits per heavy atom. The number of carbonyl (C=O) groups excluding carboxylic acids is 1. The highest BCUT2D eigenvalue weighted by Crippen LogP contribution is 2.32. The average molecular weight is 427 g/mol. The number of nitrogens with zero attached hydrogens (tertiary/aromatic N) is 5. The highest BCUT2D eigenvalue weighted by molar-refractivity contribution is 5.90. The number of hydrogen-bond acceptors (Lipinski definition) is 7. The van der Waals surface area contributed by atoms with Gasteiger partial charge >= 0.3 is 5.92 Å². The van der Waals surface area contributed by atoms with E-state index in [4.69, 9.17) is 0 Å². The van der Waals surface area contributed by atoms with E-state index in [1.807, 2.05) is 31.1 Å². The van der Waals surface area contributed by atoms with Gasteiger partial charge in [0.25, 0.3) is 0 Å². The van der Waals surface area contributed by atoms with Crippen molar-refractivity contribution in [3.05, 3.63) is 48.2 Å². The van der Waals surface area contributed by atoms with Gasteiger partial charge in [0.1, 0.15) is 11.6 Å². The number of aryl methyl sites for hydroxylation is 1. The molecule has 0 radical (unpaired) electrons. The Labute approximate surface area is 178 Å². The van der Waals surface area contributed by atoms with Gasteiger partial charge in [-0.3, -0.25) is 9.78 Å². The van der Waals surface area contributed by atoms with Gasteiger partial charge in [0.05, 0.1) is 11.4 Å². The summed E-state index contributed by atoms with van der Waals surface area (Å²) < 4.78 is 27.6. The van der Waals surface area contributed by atoms with Crippen molar-refractivity contribution in [2.45, 2.75) is 26.7 Å². The zero-order chi connectivity index (χ0) is 22.8. The SMILES string of the molecule is CC(=O)Nc1cc(Nc2cc(C)nc(C(C)(F)F)n2)c(-c2cc(N(C)C)ccn2)cn1. The van der Waals surface area contributed by atoms with Crippen LogP contribution in [0.3, 0.4) is 0 Å². The number of nitrogens with one attached hydrogen (secondary N) is 2. The Hall–Kier alpha value is -3.69. The Morgan fingerprint density at radius 1 is 1.10 bits per heavy atom. The Kier molecular flexibility index (Phi) is 6.09. The van der Waals surface area contributed by atoms with E-state index in [-0.39, 0.29) is 11.7 Å². The molecule has 0 aromatic carbocycles. The molecule has 162 valence electrons. The number of aromatic nitrogens is 4. The number of pyridine rings is 2. The fourth-order valence-electron chi connectivity index (χ4n) is 2.82. The minimum absolute atomic E-state index is 0.189. The van der Waals surface area contributed by atoms with Crippen molar-refractivity contribution < 1.29 is 13.6 Å². The van der Waals surface area contributed by atoms with Crippen LogP contribution < -0.4 is 15.5 Å². The first-order chi connectivity index (χ1) is 14.5. The molecule has 0 saturated heterocycles. The first-order valence-electron chi connectivity index (χ1n) is 9.45. The number of anilines is 4. The predicted molar refractivity (Wildman–Crippen MR) is 116 cm³/mol. The largest absolute Gasteiger partial charge is 0.378 e. The molecule has 3 aromatic heterocycles. The monoisotopic (exact) mass is 427 g/mol. The second kappa shape index (κ2) is 8.58. The van der Waals surface area contributed by atoms with E-state index < -0.39 is 11.7 Å². The van der Waals surface area contributed by atoms with E-state index in [0.717, 1.165) is 12.6 Å². The van der Waals surface area contributed by atoms with Gasteiger partial charge in [-0.15, -0.1) is 0 Å². The molecule has 0 spiro atoms. The molecule has 2 N–H and O–H groups in total. The summed E-state index contributed by atoms with van der Waals surface area (Å²) >= 11 is 0. The van der Waals surface area contributed by atoms with Crippen LogP contribution in [0.2, 0.25) is 0 Å². The van der Waals surface area contributed by atoms with E-state index in [1.165, 1.54) is 6.92 Å². The predicted octanol–water partition coefficient (Wildman–Crippen LogP) is 4.12. The molecule has 0 aliphatic carbocycles. The first-order valence-corrected chi connectivity index (χ1v) is 9.45. The van der Waals surface area contributed by atoms with Gasteiger partial charge in [0, 0.05) is 69.4 Å². The summed E-state index contributed by atoms with van der Waals surface area (Å²) in [4.78, 5) is 29.9. The van der Waals surface area contributed by atoms with Crippen LogP contribution in [-0.2, 0) is 10.7 Å². The van der Waals surface area contributed by atoms with Crippen molar-refractivity contribution in [3.63, 3.8) is 0 Å². The molecule has 0 aliphatic rings. The maximum Gasteiger partial charge on any atom is 0.303 e. The van der Waals surface area contributed by atoms with Crippen molar-refractivity contribution in [1.29, 1.82) is 0 Å². The molecule has 3 rings (SSSR count). The third kappa shape index (κ3) is 5.47. The van der Waals surface area contributed by atoms with Crippen molar-refractivity contribution in [2.75, 3.05) is 29.6 Å². The van der Waals surface area contributed by atoms with Crippen molar-refractivity contribution in [1.82, 2.24) is 19.9 Å². The molecule has 0 atom stereocenters. The summed E-state index contributed by atoms with van der Waals surface area (Å²) in [6.07, 6.45) is 3.22. The number of carbonyl (C=O) groups is 1. The molecule has 31 heavy (non-hydrogen) atoms. The molecule has 3 aromatic rings. The van der Waals surface area contributed by atoms with Crippen LogP contribution in [0.4, 0.5) is 31.8 Å². The van der Waals surface area contributed by atoms with E-state index >= 15 is 0 Å². The molecular weight excluding hydrogens is 404 g/mol. The van der Waals surface area contributed by atoms with Gasteiger partial charge < -0.3 is 15.5 Å². The highest BCUT2D eigenvalue weighted by Gasteiger charge is 2.29. The minimum Gasteiger partial charge on any atom is -0.378 e. The van der Waals surface area contributed by atoms with Gasteiger partial charge in [-0.1, -0.05) is 0 Å². The van der Waals surface area contributed by atoms with Crippen molar-refractivity contribution in [3.8, 4) is 11.3 Å². The van der Waals surface area contributed by atoms with E-state index in [1.54, 1.807) is 31.5 Å². The van der Waals surface area contributed by atoms with Crippen LogP contribution in [0, 0.1) is 6.92 Å². The maximum atomic E-state index is 13.8. The molecule has 0 aliphatic heterocycles. The molecule has 0 fully saturated rings. The van der Waals surface area contributed by atoms with E-state index in [0.29, 0.717) is 28.5 Å². The molecule has 3 heterocycles. The molecular formula is C21H23F2N7O. The van der Waals surface area contributed by atoms with Crippen molar-refractivity contribution >= 4 is 28.9 Å². The lowest BCUT2D eigenvalue weighted by molar-refractivity contribution is -0.114. The number of alkyl halides is 2. The smallest absolute Gasteiger partial charge is 0.303 e. The topological polar surface area (TPSA) is 95.9 Å². The van der Waals surface area contributed by atoms with Crippen LogP contribution in [0.25, 0.3) is 11.3 Å². The Balaban J connectivity index is 2.10. The maximum absolute atomic E-state index is 13.8. The van der Waals surface area contributed by atoms with Gasteiger partial charge in [-0.2, -0.15) is 8.78 Å². The molecule has 0 unspecified atom stereocenters. The Bertz CT molecular complexity index is 1110. The Morgan fingerprint density at radius 2 is 1.84 bits per heavy atom. The molecule has 8 nitrogen and oxygen atoms in total. The number of halogens is 2.